The van der Waals surface area contributed by atoms with Crippen molar-refractivity contribution in [3.05, 3.63) is 23.5 Å². The van der Waals surface area contributed by atoms with Gasteiger partial charge in [-0.15, -0.1) is 0 Å². The number of hydrogen-bond acceptors (Lipinski definition) is 4. The Balaban J connectivity index is 2.27. The lowest BCUT2D eigenvalue weighted by atomic mass is 10.0. The van der Waals surface area contributed by atoms with Crippen LogP contribution in [0.5, 0.6) is 0 Å². The monoisotopic (exact) mass is 280 g/mol. The number of halogens is 1. The van der Waals surface area contributed by atoms with Gasteiger partial charge in [-0.1, -0.05) is 0 Å². The smallest absolute Gasteiger partial charge is 0.250 e. The fourth-order valence-corrected chi connectivity index (χ4v) is 2.64. The highest BCUT2D eigenvalue weighted by Gasteiger charge is 2.23. The zero-order chi connectivity index (χ0) is 14.9. The Bertz CT molecular complexity index is 512. The average molecular weight is 280 g/mol. The largest absolute Gasteiger partial charge is 0.398 e. The summed E-state index contributed by atoms with van der Waals surface area (Å²) in [6.07, 6.45) is 1.92. The molecule has 4 N–H and O–H groups in total. The molecule has 1 aliphatic rings. The fraction of sp³-hybridized carbons (Fsp3) is 0.500. The van der Waals surface area contributed by atoms with Crippen molar-refractivity contribution < 1.29 is 9.18 Å². The number of anilines is 2. The summed E-state index contributed by atoms with van der Waals surface area (Å²) in [5, 5.41) is 0. The number of primary amides is 1. The Morgan fingerprint density at radius 2 is 2.00 bits per heavy atom. The number of likely N-dealkylation sites (tertiary alicyclic amines) is 1. The van der Waals surface area contributed by atoms with E-state index in [2.05, 4.69) is 11.9 Å². The molecular formula is C14H21FN4O. The van der Waals surface area contributed by atoms with E-state index in [1.54, 1.807) is 0 Å². The van der Waals surface area contributed by atoms with Crippen LogP contribution < -0.4 is 16.4 Å². The average Bonchev–Trinajstić information content (AvgIpc) is 2.38. The number of rotatable bonds is 3. The third-order valence-electron chi connectivity index (χ3n) is 4.00. The molecule has 1 aromatic carbocycles. The van der Waals surface area contributed by atoms with E-state index in [-0.39, 0.29) is 17.3 Å². The molecule has 6 heteroatoms. The summed E-state index contributed by atoms with van der Waals surface area (Å²) in [4.78, 5) is 15.5. The second-order valence-corrected chi connectivity index (χ2v) is 5.40. The van der Waals surface area contributed by atoms with Gasteiger partial charge in [0.15, 0.2) is 0 Å². The standard InChI is InChI=1S/C14H21FN4O/c1-18-5-3-9(4-6-18)19(2)13-7-10(14(17)20)12(16)8-11(13)15/h7-9H,3-6,16H2,1-2H3,(H2,17,20). The van der Waals surface area contributed by atoms with Crippen LogP contribution in [-0.2, 0) is 0 Å². The van der Waals surface area contributed by atoms with Crippen molar-refractivity contribution >= 4 is 17.3 Å². The van der Waals surface area contributed by atoms with Crippen LogP contribution in [0.25, 0.3) is 0 Å². The summed E-state index contributed by atoms with van der Waals surface area (Å²) in [6, 6.07) is 2.87. The molecular weight excluding hydrogens is 259 g/mol. The Labute approximate surface area is 118 Å². The van der Waals surface area contributed by atoms with Gasteiger partial charge in [0.25, 0.3) is 5.91 Å². The van der Waals surface area contributed by atoms with E-state index < -0.39 is 11.7 Å². The molecule has 0 aromatic heterocycles. The number of nitrogen functional groups attached to an aromatic ring is 1. The highest BCUT2D eigenvalue weighted by atomic mass is 19.1. The van der Waals surface area contributed by atoms with Crippen molar-refractivity contribution in [3.63, 3.8) is 0 Å². The van der Waals surface area contributed by atoms with Crippen molar-refractivity contribution in [3.8, 4) is 0 Å². The summed E-state index contributed by atoms with van der Waals surface area (Å²) < 4.78 is 14.1. The van der Waals surface area contributed by atoms with E-state index in [4.69, 9.17) is 11.5 Å². The van der Waals surface area contributed by atoms with E-state index in [1.807, 2.05) is 11.9 Å². The van der Waals surface area contributed by atoms with E-state index >= 15 is 0 Å². The number of benzene rings is 1. The molecule has 0 unspecified atom stereocenters. The lowest BCUT2D eigenvalue weighted by Crippen LogP contribution is -2.42. The SMILES string of the molecule is CN1CCC(N(C)c2cc(C(N)=O)c(N)cc2F)CC1. The van der Waals surface area contributed by atoms with Crippen molar-refractivity contribution in [1.29, 1.82) is 0 Å². The number of carbonyl (C=O) groups is 1. The number of hydrogen-bond donors (Lipinski definition) is 2. The second-order valence-electron chi connectivity index (χ2n) is 5.40. The van der Waals surface area contributed by atoms with Crippen molar-refractivity contribution in [2.24, 2.45) is 5.73 Å². The van der Waals surface area contributed by atoms with Gasteiger partial charge in [-0.25, -0.2) is 4.39 Å². The molecule has 0 saturated carbocycles. The first-order valence-electron chi connectivity index (χ1n) is 6.70. The zero-order valence-electron chi connectivity index (χ0n) is 11.9. The summed E-state index contributed by atoms with van der Waals surface area (Å²) in [7, 11) is 3.92. The van der Waals surface area contributed by atoms with Gasteiger partial charge in [0.05, 0.1) is 11.3 Å². The predicted octanol–water partition coefficient (Wildman–Crippen LogP) is 1.04. The lowest BCUT2D eigenvalue weighted by Gasteiger charge is -2.36. The Hall–Kier alpha value is -1.82. The van der Waals surface area contributed by atoms with Crippen molar-refractivity contribution in [2.75, 3.05) is 37.8 Å². The molecule has 0 aliphatic carbocycles. The molecule has 1 amide bonds. The third-order valence-corrected chi connectivity index (χ3v) is 4.00. The summed E-state index contributed by atoms with van der Waals surface area (Å²) in [5.41, 5.74) is 11.5. The fourth-order valence-electron chi connectivity index (χ4n) is 2.64. The number of amides is 1. The van der Waals surface area contributed by atoms with Crippen molar-refractivity contribution in [2.45, 2.75) is 18.9 Å². The third kappa shape index (κ3) is 2.85. The van der Waals surface area contributed by atoms with Gasteiger partial charge < -0.3 is 21.3 Å². The van der Waals surface area contributed by atoms with E-state index in [0.717, 1.165) is 25.9 Å². The van der Waals surface area contributed by atoms with E-state index in [1.165, 1.54) is 12.1 Å². The molecule has 0 bridgehead atoms. The highest BCUT2D eigenvalue weighted by Crippen LogP contribution is 2.28. The molecule has 1 aromatic rings. The van der Waals surface area contributed by atoms with E-state index in [9.17, 15) is 9.18 Å². The minimum atomic E-state index is -0.638. The quantitative estimate of drug-likeness (QED) is 0.811. The number of piperidine rings is 1. The summed E-state index contributed by atoms with van der Waals surface area (Å²) >= 11 is 0. The molecule has 0 spiro atoms. The Kier molecular flexibility index (Phi) is 4.13. The molecule has 110 valence electrons. The topological polar surface area (TPSA) is 75.6 Å². The lowest BCUT2D eigenvalue weighted by molar-refractivity contribution is 0.100. The van der Waals surface area contributed by atoms with E-state index in [0.29, 0.717) is 5.69 Å². The number of nitrogens with two attached hydrogens (primary N) is 2. The molecule has 5 nitrogen and oxygen atoms in total. The normalized spacial score (nSPS) is 17.1. The van der Waals surface area contributed by atoms with Crippen LogP contribution in [0.15, 0.2) is 12.1 Å². The van der Waals surface area contributed by atoms with Crippen LogP contribution in [0, 0.1) is 5.82 Å². The Morgan fingerprint density at radius 1 is 1.40 bits per heavy atom. The van der Waals surface area contributed by atoms with Crippen LogP contribution in [-0.4, -0.2) is 44.0 Å². The van der Waals surface area contributed by atoms with Crippen LogP contribution in [0.1, 0.15) is 23.2 Å². The number of carbonyl (C=O) groups excluding carboxylic acids is 1. The summed E-state index contributed by atoms with van der Waals surface area (Å²) in [6.45, 7) is 1.96. The molecule has 2 rings (SSSR count). The zero-order valence-corrected chi connectivity index (χ0v) is 11.9. The minimum absolute atomic E-state index is 0.0792. The molecule has 1 saturated heterocycles. The van der Waals surface area contributed by atoms with Gasteiger partial charge in [-0.3, -0.25) is 4.79 Å². The summed E-state index contributed by atoms with van der Waals surface area (Å²) in [5.74, 6) is -1.06. The van der Waals surface area contributed by atoms with Gasteiger partial charge in [0.2, 0.25) is 0 Å². The maximum atomic E-state index is 14.1. The minimum Gasteiger partial charge on any atom is -0.398 e. The van der Waals surface area contributed by atoms with Gasteiger partial charge in [-0.2, -0.15) is 0 Å². The van der Waals surface area contributed by atoms with Crippen LogP contribution in [0.2, 0.25) is 0 Å². The van der Waals surface area contributed by atoms with Crippen LogP contribution in [0.4, 0.5) is 15.8 Å². The molecule has 20 heavy (non-hydrogen) atoms. The molecule has 0 radical (unpaired) electrons. The second kappa shape index (κ2) is 5.66. The van der Waals surface area contributed by atoms with Gasteiger partial charge in [0.1, 0.15) is 5.82 Å². The van der Waals surface area contributed by atoms with Gasteiger partial charge in [-0.05, 0) is 45.1 Å². The first-order chi connectivity index (χ1) is 9.40. The first kappa shape index (κ1) is 14.6. The maximum Gasteiger partial charge on any atom is 0.250 e. The van der Waals surface area contributed by atoms with Crippen molar-refractivity contribution in [1.82, 2.24) is 4.90 Å². The van der Waals surface area contributed by atoms with Gasteiger partial charge in [0, 0.05) is 18.8 Å². The predicted molar refractivity (Wildman–Crippen MR) is 78.3 cm³/mol. The molecule has 1 heterocycles. The Morgan fingerprint density at radius 3 is 2.55 bits per heavy atom. The highest BCUT2D eigenvalue weighted by molar-refractivity contribution is 5.99. The van der Waals surface area contributed by atoms with Crippen LogP contribution >= 0.6 is 0 Å². The molecule has 1 aliphatic heterocycles. The molecule has 1 fully saturated rings. The van der Waals surface area contributed by atoms with Gasteiger partial charge >= 0.3 is 0 Å². The first-order valence-corrected chi connectivity index (χ1v) is 6.70. The maximum absolute atomic E-state index is 14.1. The number of nitrogens with zero attached hydrogens (tertiary/aromatic N) is 2. The molecule has 0 atom stereocenters. The van der Waals surface area contributed by atoms with Crippen LogP contribution in [0.3, 0.4) is 0 Å².